The van der Waals surface area contributed by atoms with Crippen molar-refractivity contribution in [3.63, 3.8) is 0 Å². The van der Waals surface area contributed by atoms with Crippen LogP contribution in [0.25, 0.3) is 87.2 Å². The third-order valence-corrected chi connectivity index (χ3v) is 8.47. The second kappa shape index (κ2) is 8.70. The van der Waals surface area contributed by atoms with Gasteiger partial charge in [0.05, 0.1) is 32.9 Å². The van der Waals surface area contributed by atoms with Crippen LogP contribution in [0.4, 0.5) is 0 Å². The molecule has 0 bridgehead atoms. The second-order valence-corrected chi connectivity index (χ2v) is 10.8. The average Bonchev–Trinajstić information content (AvgIpc) is 3.29. The summed E-state index contributed by atoms with van der Waals surface area (Å²) >= 11 is 0.647. The lowest BCUT2D eigenvalue weighted by molar-refractivity contribution is 1.40. The van der Waals surface area contributed by atoms with Gasteiger partial charge in [0, 0.05) is 15.2 Å². The maximum atomic E-state index is 9.98. The minimum absolute atomic E-state index is 0.0901. The second-order valence-electron chi connectivity index (χ2n) is 9.76. The molecule has 0 nitrogen and oxygen atoms in total. The molecule has 0 spiro atoms. The van der Waals surface area contributed by atoms with Crippen LogP contribution in [0.2, 0.25) is 0 Å². The van der Waals surface area contributed by atoms with Crippen molar-refractivity contribution in [2.75, 3.05) is 0 Å². The molecule has 0 atom stereocenters. The summed E-state index contributed by atoms with van der Waals surface area (Å²) in [5.41, 5.74) is -3.41. The highest BCUT2D eigenvalue weighted by atomic mass is 32.2. The number of benzene rings is 9. The zero-order valence-corrected chi connectivity index (χ0v) is 22.2. The van der Waals surface area contributed by atoms with Crippen LogP contribution in [0.3, 0.4) is 0 Å². The molecule has 0 N–H and O–H groups in total. The van der Waals surface area contributed by atoms with Crippen molar-refractivity contribution in [1.82, 2.24) is 0 Å². The first-order chi connectivity index (χ1) is 31.3. The van der Waals surface area contributed by atoms with Crippen molar-refractivity contribution in [1.29, 1.82) is 0 Å². The van der Waals surface area contributed by atoms with Crippen molar-refractivity contribution in [3.05, 3.63) is 145 Å². The van der Waals surface area contributed by atoms with Crippen LogP contribution in [0.15, 0.2) is 155 Å². The molecule has 9 aromatic carbocycles. The Morgan fingerprint density at radius 3 is 1.91 bits per heavy atom. The standard InChI is InChI=1S/C42H24S/c1-2-11-32-29(6-1)22-31(33-19-16-28-15-14-26-7-3-8-27-17-20-35(33)42(28)40(26)27)24-36(32)30-18-21-38-37(23-30)34-12-4-9-25-10-5-13-39(43-38)41(25)34/h1-24H/i1D,2D,3D,4D,5D,6D,7D,8D,9D,10D,11D,12D,13D,14D,15D,16D,17D,18D,19D,20D,21D,22D,23D,24D. The fraction of sp³-hybridized carbons (Fsp3) is 0. The topological polar surface area (TPSA) is 0 Å². The van der Waals surface area contributed by atoms with Gasteiger partial charge in [-0.25, -0.2) is 0 Å². The third kappa shape index (κ3) is 3.34. The quantitative estimate of drug-likeness (QED) is 0.182. The number of fused-ring (bicyclic) bond motifs is 3. The largest absolute Gasteiger partial charge is 0.0888 e. The Morgan fingerprint density at radius 2 is 1.02 bits per heavy atom. The Balaban J connectivity index is 1.47. The van der Waals surface area contributed by atoms with E-state index in [1.165, 1.54) is 0 Å². The van der Waals surface area contributed by atoms with Gasteiger partial charge in [-0.3, -0.25) is 0 Å². The molecule has 1 heterocycles. The molecular weight excluding hydrogens is 537 g/mol. The fourth-order valence-corrected chi connectivity index (χ4v) is 6.55. The molecule has 10 rings (SSSR count). The van der Waals surface area contributed by atoms with Crippen LogP contribution >= 0.6 is 11.8 Å². The van der Waals surface area contributed by atoms with Crippen molar-refractivity contribution >= 4 is 65.6 Å². The maximum absolute atomic E-state index is 9.98. The molecule has 43 heavy (non-hydrogen) atoms. The Hall–Kier alpha value is -5.11. The predicted molar refractivity (Wildman–Crippen MR) is 186 cm³/mol. The molecule has 9 aromatic rings. The molecule has 0 radical (unpaired) electrons. The van der Waals surface area contributed by atoms with Gasteiger partial charge in [-0.2, -0.15) is 0 Å². The van der Waals surface area contributed by atoms with E-state index in [0.29, 0.717) is 11.8 Å². The summed E-state index contributed by atoms with van der Waals surface area (Å²) in [5.74, 6) is 0. The molecule has 0 fully saturated rings. The van der Waals surface area contributed by atoms with Crippen LogP contribution < -0.4 is 0 Å². The average molecular weight is 585 g/mol. The van der Waals surface area contributed by atoms with Gasteiger partial charge in [0.25, 0.3) is 0 Å². The van der Waals surface area contributed by atoms with E-state index in [1.807, 2.05) is 0 Å². The summed E-state index contributed by atoms with van der Waals surface area (Å²) in [6.45, 7) is 0. The maximum Gasteiger partial charge on any atom is 0.0636 e. The number of hydrogen-bond acceptors (Lipinski definition) is 1. The normalized spacial score (nSPS) is 20.4. The smallest absolute Gasteiger partial charge is 0.0636 e. The lowest BCUT2D eigenvalue weighted by Gasteiger charge is -2.21. The highest BCUT2D eigenvalue weighted by Crippen LogP contribution is 2.49. The number of rotatable bonds is 2. The molecule has 0 amide bonds. The molecule has 1 aliphatic heterocycles. The van der Waals surface area contributed by atoms with Crippen LogP contribution in [0.5, 0.6) is 0 Å². The SMILES string of the molecule is [2H]c1c([2H])c(-c2c([2H])c(-c3c([2H])c([2H])c4c([2H])c([2H])c5c([2H])c([2H])c([2H])c6c([2H])c([2H])c3c4c56)c([2H])c3c([2H])c([2H])c([2H])c([2H])c23)c([2H])c2c1Sc1c([2H])c([2H])c([2H])c3c([2H])c([2H])c([2H])c-2c13. The minimum Gasteiger partial charge on any atom is -0.0888 e. The first-order valence-corrected chi connectivity index (χ1v) is 13.7. The molecule has 0 unspecified atom stereocenters. The van der Waals surface area contributed by atoms with Gasteiger partial charge in [0.1, 0.15) is 0 Å². The van der Waals surface area contributed by atoms with Gasteiger partial charge >= 0.3 is 0 Å². The Kier molecular flexibility index (Phi) is 2.08. The fourth-order valence-electron chi connectivity index (χ4n) is 5.58. The van der Waals surface area contributed by atoms with Crippen LogP contribution in [-0.4, -0.2) is 0 Å². The summed E-state index contributed by atoms with van der Waals surface area (Å²) in [6.07, 6.45) is 0. The van der Waals surface area contributed by atoms with Gasteiger partial charge in [-0.1, -0.05) is 127 Å². The van der Waals surface area contributed by atoms with Crippen molar-refractivity contribution in [3.8, 4) is 33.4 Å². The zero-order chi connectivity index (χ0) is 49.0. The molecule has 1 heteroatoms. The van der Waals surface area contributed by atoms with E-state index in [-0.39, 0.29) is 53.2 Å². The Bertz CT molecular complexity index is 3900. The first kappa shape index (κ1) is 10.3. The summed E-state index contributed by atoms with van der Waals surface area (Å²) in [6, 6.07) is -18.2. The summed E-state index contributed by atoms with van der Waals surface area (Å²) < 4.78 is 217. The molecule has 1 aliphatic rings. The predicted octanol–water partition coefficient (Wildman–Crippen LogP) is 12.4. The molecule has 0 saturated heterocycles. The van der Waals surface area contributed by atoms with Gasteiger partial charge in [0.2, 0.25) is 0 Å². The minimum atomic E-state index is -0.940. The molecule has 0 aliphatic carbocycles. The van der Waals surface area contributed by atoms with E-state index in [9.17, 15) is 11.0 Å². The summed E-state index contributed by atoms with van der Waals surface area (Å²) in [5, 5.41) is -3.93. The van der Waals surface area contributed by atoms with Gasteiger partial charge < -0.3 is 0 Å². The molecule has 0 aromatic heterocycles. The third-order valence-electron chi connectivity index (χ3n) is 7.45. The van der Waals surface area contributed by atoms with E-state index in [2.05, 4.69) is 0 Å². The molecular formula is C42H24S. The van der Waals surface area contributed by atoms with Gasteiger partial charge in [-0.15, -0.1) is 0 Å². The first-order valence-electron chi connectivity index (χ1n) is 24.9. The summed E-state index contributed by atoms with van der Waals surface area (Å²) in [4.78, 5) is -0.314. The van der Waals surface area contributed by atoms with Crippen molar-refractivity contribution in [2.45, 2.75) is 9.79 Å². The van der Waals surface area contributed by atoms with E-state index in [0.717, 1.165) is 0 Å². The van der Waals surface area contributed by atoms with Crippen LogP contribution in [0, 0.1) is 0 Å². The van der Waals surface area contributed by atoms with E-state index < -0.39 is 189 Å². The number of hydrogen-bond donors (Lipinski definition) is 0. The van der Waals surface area contributed by atoms with Gasteiger partial charge in [0.15, 0.2) is 0 Å². The lowest BCUT2D eigenvalue weighted by Crippen LogP contribution is -1.94. The summed E-state index contributed by atoms with van der Waals surface area (Å²) in [7, 11) is 0. The van der Waals surface area contributed by atoms with Gasteiger partial charge in [-0.05, 0) is 112 Å². The zero-order valence-electron chi connectivity index (χ0n) is 45.4. The van der Waals surface area contributed by atoms with Crippen LogP contribution in [-0.2, 0) is 0 Å². The van der Waals surface area contributed by atoms with Crippen LogP contribution in [0.1, 0.15) is 32.9 Å². The highest BCUT2D eigenvalue weighted by Gasteiger charge is 2.20. The van der Waals surface area contributed by atoms with E-state index >= 15 is 0 Å². The van der Waals surface area contributed by atoms with E-state index in [1.54, 1.807) is 0 Å². The Morgan fingerprint density at radius 1 is 0.349 bits per heavy atom. The molecule has 198 valence electrons. The molecule has 0 saturated carbocycles. The monoisotopic (exact) mass is 584 g/mol. The Labute approximate surface area is 287 Å². The van der Waals surface area contributed by atoms with Crippen molar-refractivity contribution < 1.29 is 32.9 Å². The highest BCUT2D eigenvalue weighted by molar-refractivity contribution is 7.99. The van der Waals surface area contributed by atoms with Crippen molar-refractivity contribution in [2.24, 2.45) is 0 Å². The van der Waals surface area contributed by atoms with E-state index in [4.69, 9.17) is 21.9 Å². The lowest BCUT2D eigenvalue weighted by atomic mass is 9.87.